The number of rotatable bonds is 2. The van der Waals surface area contributed by atoms with Gasteiger partial charge < -0.3 is 4.74 Å². The van der Waals surface area contributed by atoms with Crippen molar-refractivity contribution in [3.05, 3.63) is 34.3 Å². The molecule has 2 nitrogen and oxygen atoms in total. The second-order valence-corrected chi connectivity index (χ2v) is 6.26. The summed E-state index contributed by atoms with van der Waals surface area (Å²) in [7, 11) is 0. The molecule has 2 aliphatic rings. The predicted molar refractivity (Wildman–Crippen MR) is 76.7 cm³/mol. The standard InChI is InChI=1S/C15H20BrNO/c16-13-7-5-12(6-8-13)15-11-17(9-10-18-15)14-3-1-2-4-14/h5-8,14-15H,1-4,9-11H2. The Labute approximate surface area is 117 Å². The van der Waals surface area contributed by atoms with Crippen LogP contribution in [-0.4, -0.2) is 30.6 Å². The van der Waals surface area contributed by atoms with Crippen LogP contribution < -0.4 is 0 Å². The molecular formula is C15H20BrNO. The fourth-order valence-corrected chi connectivity index (χ4v) is 3.41. The lowest BCUT2D eigenvalue weighted by molar-refractivity contribution is -0.0440. The average Bonchev–Trinajstić information content (AvgIpc) is 2.94. The normalized spacial score (nSPS) is 26.6. The van der Waals surface area contributed by atoms with Crippen molar-refractivity contribution in [2.75, 3.05) is 19.7 Å². The lowest BCUT2D eigenvalue weighted by Gasteiger charge is -2.37. The number of hydrogen-bond donors (Lipinski definition) is 0. The molecule has 0 bridgehead atoms. The Morgan fingerprint density at radius 3 is 2.56 bits per heavy atom. The van der Waals surface area contributed by atoms with Crippen molar-refractivity contribution in [2.45, 2.75) is 37.8 Å². The van der Waals surface area contributed by atoms with Crippen molar-refractivity contribution in [1.82, 2.24) is 4.90 Å². The Balaban J connectivity index is 1.67. The van der Waals surface area contributed by atoms with E-state index in [0.717, 1.165) is 30.2 Å². The highest BCUT2D eigenvalue weighted by Crippen LogP contribution is 2.29. The van der Waals surface area contributed by atoms with E-state index in [4.69, 9.17) is 4.74 Å². The number of nitrogens with zero attached hydrogens (tertiary/aromatic N) is 1. The van der Waals surface area contributed by atoms with Gasteiger partial charge in [-0.3, -0.25) is 4.90 Å². The third kappa shape index (κ3) is 2.79. The average molecular weight is 310 g/mol. The molecule has 1 heterocycles. The number of ether oxygens (including phenoxy) is 1. The van der Waals surface area contributed by atoms with Gasteiger partial charge in [0.1, 0.15) is 0 Å². The maximum atomic E-state index is 5.94. The molecule has 2 fully saturated rings. The second-order valence-electron chi connectivity index (χ2n) is 5.34. The molecular weight excluding hydrogens is 290 g/mol. The first-order valence-corrected chi connectivity index (χ1v) is 7.73. The van der Waals surface area contributed by atoms with Crippen molar-refractivity contribution in [3.8, 4) is 0 Å². The van der Waals surface area contributed by atoms with E-state index in [-0.39, 0.29) is 6.10 Å². The molecule has 0 spiro atoms. The van der Waals surface area contributed by atoms with Gasteiger partial charge >= 0.3 is 0 Å². The maximum absolute atomic E-state index is 5.94. The van der Waals surface area contributed by atoms with Crippen molar-refractivity contribution in [3.63, 3.8) is 0 Å². The van der Waals surface area contributed by atoms with Crippen molar-refractivity contribution < 1.29 is 4.74 Å². The number of hydrogen-bond acceptors (Lipinski definition) is 2. The summed E-state index contributed by atoms with van der Waals surface area (Å²) >= 11 is 3.48. The minimum atomic E-state index is 0.257. The Morgan fingerprint density at radius 2 is 1.83 bits per heavy atom. The second kappa shape index (κ2) is 5.72. The maximum Gasteiger partial charge on any atom is 0.0952 e. The van der Waals surface area contributed by atoms with Gasteiger partial charge in [0.05, 0.1) is 12.7 Å². The fourth-order valence-electron chi connectivity index (χ4n) is 3.15. The minimum absolute atomic E-state index is 0.257. The quantitative estimate of drug-likeness (QED) is 0.824. The van der Waals surface area contributed by atoms with Crippen molar-refractivity contribution in [2.24, 2.45) is 0 Å². The van der Waals surface area contributed by atoms with Gasteiger partial charge in [0.25, 0.3) is 0 Å². The van der Waals surface area contributed by atoms with Crippen molar-refractivity contribution >= 4 is 15.9 Å². The van der Waals surface area contributed by atoms with Gasteiger partial charge in [0, 0.05) is 23.6 Å². The molecule has 1 aliphatic carbocycles. The van der Waals surface area contributed by atoms with Crippen LogP contribution in [0, 0.1) is 0 Å². The summed E-state index contributed by atoms with van der Waals surface area (Å²) in [6.45, 7) is 3.04. The Morgan fingerprint density at radius 1 is 1.11 bits per heavy atom. The number of halogens is 1. The zero-order valence-corrected chi connectivity index (χ0v) is 12.2. The lowest BCUT2D eigenvalue weighted by atomic mass is 10.1. The third-order valence-electron chi connectivity index (χ3n) is 4.18. The van der Waals surface area contributed by atoms with Gasteiger partial charge in [0.15, 0.2) is 0 Å². The highest BCUT2D eigenvalue weighted by molar-refractivity contribution is 9.10. The van der Waals surface area contributed by atoms with Gasteiger partial charge in [-0.05, 0) is 30.5 Å². The van der Waals surface area contributed by atoms with Crippen LogP contribution in [0.4, 0.5) is 0 Å². The fraction of sp³-hybridized carbons (Fsp3) is 0.600. The molecule has 1 aromatic carbocycles. The number of benzene rings is 1. The molecule has 1 saturated heterocycles. The van der Waals surface area contributed by atoms with Crippen LogP contribution in [0.15, 0.2) is 28.7 Å². The molecule has 3 heteroatoms. The molecule has 3 rings (SSSR count). The van der Waals surface area contributed by atoms with E-state index in [9.17, 15) is 0 Å². The van der Waals surface area contributed by atoms with E-state index in [1.165, 1.54) is 31.2 Å². The van der Waals surface area contributed by atoms with Gasteiger partial charge in [-0.25, -0.2) is 0 Å². The van der Waals surface area contributed by atoms with Crippen LogP contribution in [0.25, 0.3) is 0 Å². The van der Waals surface area contributed by atoms with Crippen LogP contribution in [0.3, 0.4) is 0 Å². The van der Waals surface area contributed by atoms with E-state index >= 15 is 0 Å². The Hall–Kier alpha value is -0.380. The Bertz CT molecular complexity index is 386. The monoisotopic (exact) mass is 309 g/mol. The van der Waals surface area contributed by atoms with Crippen LogP contribution in [-0.2, 0) is 4.74 Å². The molecule has 1 unspecified atom stereocenters. The molecule has 0 N–H and O–H groups in total. The topological polar surface area (TPSA) is 12.5 Å². The van der Waals surface area contributed by atoms with E-state index in [1.807, 2.05) is 0 Å². The summed E-state index contributed by atoms with van der Waals surface area (Å²) in [5.74, 6) is 0. The minimum Gasteiger partial charge on any atom is -0.371 e. The van der Waals surface area contributed by atoms with E-state index in [1.54, 1.807) is 0 Å². The number of morpholine rings is 1. The Kier molecular flexibility index (Phi) is 4.02. The zero-order valence-electron chi connectivity index (χ0n) is 10.6. The molecule has 0 aromatic heterocycles. The van der Waals surface area contributed by atoms with Gasteiger partial charge in [0.2, 0.25) is 0 Å². The first-order chi connectivity index (χ1) is 8.83. The van der Waals surface area contributed by atoms with E-state index < -0.39 is 0 Å². The predicted octanol–water partition coefficient (Wildman–Crippen LogP) is 3.77. The molecule has 1 aliphatic heterocycles. The highest BCUT2D eigenvalue weighted by Gasteiger charge is 2.28. The van der Waals surface area contributed by atoms with E-state index in [2.05, 4.69) is 45.1 Å². The van der Waals surface area contributed by atoms with Crippen LogP contribution in [0.1, 0.15) is 37.4 Å². The lowest BCUT2D eigenvalue weighted by Crippen LogP contribution is -2.43. The first kappa shape index (κ1) is 12.6. The summed E-state index contributed by atoms with van der Waals surface area (Å²) in [6, 6.07) is 9.37. The van der Waals surface area contributed by atoms with Gasteiger partial charge in [-0.15, -0.1) is 0 Å². The van der Waals surface area contributed by atoms with E-state index in [0.29, 0.717) is 0 Å². The molecule has 1 saturated carbocycles. The van der Waals surface area contributed by atoms with Crippen LogP contribution >= 0.6 is 15.9 Å². The van der Waals surface area contributed by atoms with Gasteiger partial charge in [-0.1, -0.05) is 40.9 Å². The summed E-state index contributed by atoms with van der Waals surface area (Å²) in [5.41, 5.74) is 1.31. The summed E-state index contributed by atoms with van der Waals surface area (Å²) in [5, 5.41) is 0. The summed E-state index contributed by atoms with van der Waals surface area (Å²) in [4.78, 5) is 2.64. The summed E-state index contributed by atoms with van der Waals surface area (Å²) in [6.07, 6.45) is 5.84. The molecule has 0 radical (unpaired) electrons. The molecule has 18 heavy (non-hydrogen) atoms. The van der Waals surface area contributed by atoms with Crippen LogP contribution in [0.2, 0.25) is 0 Å². The molecule has 98 valence electrons. The zero-order chi connectivity index (χ0) is 12.4. The molecule has 1 aromatic rings. The molecule has 0 amide bonds. The third-order valence-corrected chi connectivity index (χ3v) is 4.71. The molecule has 1 atom stereocenters. The smallest absolute Gasteiger partial charge is 0.0952 e. The van der Waals surface area contributed by atoms with Crippen LogP contribution in [0.5, 0.6) is 0 Å². The SMILES string of the molecule is Brc1ccc(C2CN(C3CCCC3)CCO2)cc1. The van der Waals surface area contributed by atoms with Crippen molar-refractivity contribution in [1.29, 1.82) is 0 Å². The van der Waals surface area contributed by atoms with Gasteiger partial charge in [-0.2, -0.15) is 0 Å². The largest absolute Gasteiger partial charge is 0.371 e. The first-order valence-electron chi connectivity index (χ1n) is 6.94. The highest BCUT2D eigenvalue weighted by atomic mass is 79.9. The summed E-state index contributed by atoms with van der Waals surface area (Å²) < 4.78 is 7.07.